The van der Waals surface area contributed by atoms with Crippen molar-refractivity contribution in [1.82, 2.24) is 4.90 Å². The van der Waals surface area contributed by atoms with E-state index in [1.807, 2.05) is 0 Å². The van der Waals surface area contributed by atoms with Gasteiger partial charge in [-0.05, 0) is 38.6 Å². The second-order valence-electron chi connectivity index (χ2n) is 5.22. The topological polar surface area (TPSA) is 38.5 Å². The first kappa shape index (κ1) is 14.9. The molecule has 1 rings (SSSR count). The molecule has 2 unspecified atom stereocenters. The minimum absolute atomic E-state index is 0.256. The van der Waals surface area contributed by atoms with Gasteiger partial charge in [0.2, 0.25) is 0 Å². The first-order chi connectivity index (χ1) is 8.22. The predicted molar refractivity (Wildman–Crippen MR) is 73.2 cm³/mol. The summed E-state index contributed by atoms with van der Waals surface area (Å²) in [5.74, 6) is 0.875. The highest BCUT2D eigenvalue weighted by atomic mass is 16.5. The molecule has 1 fully saturated rings. The summed E-state index contributed by atoms with van der Waals surface area (Å²) in [6.45, 7) is 11.1. The molecular weight excluding hydrogens is 212 g/mol. The molecule has 17 heavy (non-hydrogen) atoms. The number of rotatable bonds is 8. The van der Waals surface area contributed by atoms with Crippen molar-refractivity contribution >= 4 is 0 Å². The Bertz CT molecular complexity index is 210. The minimum Gasteiger partial charge on any atom is -0.380 e. The van der Waals surface area contributed by atoms with Gasteiger partial charge in [-0.2, -0.15) is 0 Å². The van der Waals surface area contributed by atoms with E-state index >= 15 is 0 Å². The molecule has 2 atom stereocenters. The van der Waals surface area contributed by atoms with Crippen LogP contribution in [0.1, 0.15) is 46.5 Å². The van der Waals surface area contributed by atoms with Gasteiger partial charge in [0, 0.05) is 25.2 Å². The van der Waals surface area contributed by atoms with Crippen molar-refractivity contribution in [1.29, 1.82) is 0 Å². The Kier molecular flexibility index (Phi) is 6.45. The molecule has 1 aliphatic rings. The number of hydrogen-bond acceptors (Lipinski definition) is 3. The molecule has 0 aliphatic heterocycles. The van der Waals surface area contributed by atoms with Gasteiger partial charge >= 0.3 is 0 Å². The average Bonchev–Trinajstić information content (AvgIpc) is 2.79. The van der Waals surface area contributed by atoms with Crippen LogP contribution in [0.4, 0.5) is 0 Å². The lowest BCUT2D eigenvalue weighted by atomic mass is 9.92. The molecule has 1 aliphatic carbocycles. The lowest BCUT2D eigenvalue weighted by molar-refractivity contribution is 0.0526. The number of nitrogens with two attached hydrogens (primary N) is 1. The standard InChI is InChI=1S/C14H30N2O/c1-4-13-7-8-14(11-13,12-15)16(5-2)9-10-17-6-3/h13H,4-12,15H2,1-3H3. The summed E-state index contributed by atoms with van der Waals surface area (Å²) < 4.78 is 5.49. The second-order valence-corrected chi connectivity index (χ2v) is 5.22. The Hall–Kier alpha value is -0.120. The van der Waals surface area contributed by atoms with Crippen molar-refractivity contribution < 1.29 is 4.74 Å². The van der Waals surface area contributed by atoms with E-state index in [2.05, 4.69) is 25.7 Å². The lowest BCUT2D eigenvalue weighted by Gasteiger charge is -2.40. The molecule has 3 heteroatoms. The van der Waals surface area contributed by atoms with Gasteiger partial charge in [0.1, 0.15) is 0 Å². The van der Waals surface area contributed by atoms with E-state index in [1.165, 1.54) is 25.7 Å². The summed E-state index contributed by atoms with van der Waals surface area (Å²) in [5, 5.41) is 0. The molecule has 0 saturated heterocycles. The quantitative estimate of drug-likeness (QED) is 0.664. The van der Waals surface area contributed by atoms with Crippen molar-refractivity contribution in [3.8, 4) is 0 Å². The molecule has 0 aromatic rings. The van der Waals surface area contributed by atoms with Crippen LogP contribution in [0.3, 0.4) is 0 Å². The highest BCUT2D eigenvalue weighted by molar-refractivity contribution is 4.98. The largest absolute Gasteiger partial charge is 0.380 e. The highest BCUT2D eigenvalue weighted by Gasteiger charge is 2.41. The van der Waals surface area contributed by atoms with Crippen LogP contribution in [-0.4, -0.2) is 43.3 Å². The van der Waals surface area contributed by atoms with Gasteiger partial charge in [-0.15, -0.1) is 0 Å². The maximum absolute atomic E-state index is 6.08. The van der Waals surface area contributed by atoms with Crippen molar-refractivity contribution in [2.24, 2.45) is 11.7 Å². The third-order valence-corrected chi connectivity index (χ3v) is 4.41. The Balaban J connectivity index is 2.56. The third-order valence-electron chi connectivity index (χ3n) is 4.41. The fourth-order valence-corrected chi connectivity index (χ4v) is 3.21. The number of hydrogen-bond donors (Lipinski definition) is 1. The van der Waals surface area contributed by atoms with Gasteiger partial charge in [0.25, 0.3) is 0 Å². The Morgan fingerprint density at radius 2 is 2.12 bits per heavy atom. The molecule has 102 valence electrons. The zero-order chi connectivity index (χ0) is 12.7. The molecule has 0 radical (unpaired) electrons. The molecule has 0 aromatic heterocycles. The van der Waals surface area contributed by atoms with E-state index in [0.29, 0.717) is 0 Å². The summed E-state index contributed by atoms with van der Waals surface area (Å²) in [4.78, 5) is 2.55. The molecule has 1 saturated carbocycles. The van der Waals surface area contributed by atoms with E-state index in [1.54, 1.807) is 0 Å². The van der Waals surface area contributed by atoms with E-state index in [4.69, 9.17) is 10.5 Å². The fraction of sp³-hybridized carbons (Fsp3) is 1.00. The SMILES string of the molecule is CCOCCN(CC)C1(CN)CCC(CC)C1. The van der Waals surface area contributed by atoms with Crippen LogP contribution >= 0.6 is 0 Å². The molecule has 3 nitrogen and oxygen atoms in total. The number of likely N-dealkylation sites (N-methyl/N-ethyl adjacent to an activating group) is 1. The summed E-state index contributed by atoms with van der Waals surface area (Å²) in [5.41, 5.74) is 6.34. The van der Waals surface area contributed by atoms with Gasteiger partial charge in [0.05, 0.1) is 6.61 Å². The van der Waals surface area contributed by atoms with Gasteiger partial charge in [-0.3, -0.25) is 4.90 Å². The monoisotopic (exact) mass is 242 g/mol. The van der Waals surface area contributed by atoms with Crippen LogP contribution in [0.2, 0.25) is 0 Å². The number of ether oxygens (including phenoxy) is 1. The summed E-state index contributed by atoms with van der Waals surface area (Å²) in [6, 6.07) is 0. The maximum Gasteiger partial charge on any atom is 0.0593 e. The average molecular weight is 242 g/mol. The van der Waals surface area contributed by atoms with Crippen LogP contribution in [0, 0.1) is 5.92 Å². The molecule has 2 N–H and O–H groups in total. The second kappa shape index (κ2) is 7.34. The maximum atomic E-state index is 6.08. The molecular formula is C14H30N2O. The van der Waals surface area contributed by atoms with E-state index in [9.17, 15) is 0 Å². The first-order valence-corrected chi connectivity index (χ1v) is 7.25. The lowest BCUT2D eigenvalue weighted by Crippen LogP contribution is -2.53. The Morgan fingerprint density at radius 1 is 1.35 bits per heavy atom. The van der Waals surface area contributed by atoms with E-state index in [-0.39, 0.29) is 5.54 Å². The number of nitrogens with zero attached hydrogens (tertiary/aromatic N) is 1. The van der Waals surface area contributed by atoms with E-state index < -0.39 is 0 Å². The first-order valence-electron chi connectivity index (χ1n) is 7.25. The third kappa shape index (κ3) is 3.67. The predicted octanol–water partition coefficient (Wildman–Crippen LogP) is 2.25. The zero-order valence-electron chi connectivity index (χ0n) is 11.9. The van der Waals surface area contributed by atoms with Crippen molar-refractivity contribution in [3.63, 3.8) is 0 Å². The Labute approximate surface area is 107 Å². The van der Waals surface area contributed by atoms with Gasteiger partial charge in [0.15, 0.2) is 0 Å². The Morgan fingerprint density at radius 3 is 2.59 bits per heavy atom. The molecule has 0 aromatic carbocycles. The minimum atomic E-state index is 0.256. The fourth-order valence-electron chi connectivity index (χ4n) is 3.21. The molecule has 0 amide bonds. The summed E-state index contributed by atoms with van der Waals surface area (Å²) in [7, 11) is 0. The van der Waals surface area contributed by atoms with Crippen molar-refractivity contribution in [2.75, 3.05) is 32.8 Å². The summed E-state index contributed by atoms with van der Waals surface area (Å²) >= 11 is 0. The van der Waals surface area contributed by atoms with E-state index in [0.717, 1.165) is 38.8 Å². The van der Waals surface area contributed by atoms with Crippen LogP contribution in [-0.2, 0) is 4.74 Å². The summed E-state index contributed by atoms with van der Waals surface area (Å²) in [6.07, 6.45) is 5.19. The van der Waals surface area contributed by atoms with Crippen molar-refractivity contribution in [2.45, 2.75) is 52.0 Å². The zero-order valence-corrected chi connectivity index (χ0v) is 11.9. The van der Waals surface area contributed by atoms with Crippen LogP contribution in [0.25, 0.3) is 0 Å². The molecule has 0 heterocycles. The van der Waals surface area contributed by atoms with Gasteiger partial charge in [-0.25, -0.2) is 0 Å². The molecule has 0 spiro atoms. The van der Waals surface area contributed by atoms with Crippen LogP contribution < -0.4 is 5.73 Å². The highest BCUT2D eigenvalue weighted by Crippen LogP contribution is 2.39. The van der Waals surface area contributed by atoms with Crippen LogP contribution in [0.5, 0.6) is 0 Å². The van der Waals surface area contributed by atoms with Gasteiger partial charge in [-0.1, -0.05) is 20.3 Å². The molecule has 0 bridgehead atoms. The normalized spacial score (nSPS) is 29.1. The van der Waals surface area contributed by atoms with Crippen molar-refractivity contribution in [3.05, 3.63) is 0 Å². The van der Waals surface area contributed by atoms with Crippen LogP contribution in [0.15, 0.2) is 0 Å². The van der Waals surface area contributed by atoms with Gasteiger partial charge < -0.3 is 10.5 Å². The smallest absolute Gasteiger partial charge is 0.0593 e.